The molecule has 0 aromatic carbocycles. The molecule has 8 nitrogen and oxygen atoms in total. The van der Waals surface area contributed by atoms with Gasteiger partial charge in [-0.25, -0.2) is 9.44 Å². The van der Waals surface area contributed by atoms with Crippen molar-refractivity contribution in [2.45, 2.75) is 31.6 Å². The molecule has 10 heteroatoms. The summed E-state index contributed by atoms with van der Waals surface area (Å²) in [7, 11) is 0.450. The third-order valence-corrected chi connectivity index (χ3v) is 6.24. The Morgan fingerprint density at radius 2 is 1.89 bits per heavy atom. The highest BCUT2D eigenvalue weighted by molar-refractivity contribution is 7.98. The number of thioether (sulfide) groups is 1. The van der Waals surface area contributed by atoms with Crippen molar-refractivity contribution in [2.75, 3.05) is 32.9 Å². The SMILES string of the molecule is CN(C)Cc1ccc(CSCCN=C2NS(=O)(=O)NC2=NCC2CCC2)o1. The highest BCUT2D eigenvalue weighted by Gasteiger charge is 2.28. The minimum Gasteiger partial charge on any atom is -0.464 e. The smallest absolute Gasteiger partial charge is 0.324 e. The summed E-state index contributed by atoms with van der Waals surface area (Å²) in [5, 5.41) is 0. The average molecular weight is 414 g/mol. The number of hydrogen-bond donors (Lipinski definition) is 2. The quantitative estimate of drug-likeness (QED) is 0.599. The Bertz CT molecular complexity index is 797. The first-order chi connectivity index (χ1) is 12.9. The molecule has 150 valence electrons. The Morgan fingerprint density at radius 1 is 1.19 bits per heavy atom. The standard InChI is InChI=1S/C17H27N5O3S2/c1-22(2)11-14-6-7-15(25-14)12-26-9-8-18-16-17(21-27(23,24)20-16)19-10-13-4-3-5-13/h6-7,13H,3-5,8-12H2,1-2H3,(H,18,20)(H,19,21). The number of hydrogen-bond acceptors (Lipinski definition) is 7. The zero-order valence-electron chi connectivity index (χ0n) is 15.8. The lowest BCUT2D eigenvalue weighted by Gasteiger charge is -2.23. The lowest BCUT2D eigenvalue weighted by molar-refractivity contribution is 0.326. The molecule has 1 saturated carbocycles. The van der Waals surface area contributed by atoms with Crippen molar-refractivity contribution < 1.29 is 12.8 Å². The van der Waals surface area contributed by atoms with Crippen LogP contribution >= 0.6 is 11.8 Å². The second kappa shape index (κ2) is 9.11. The molecule has 1 aliphatic heterocycles. The summed E-state index contributed by atoms with van der Waals surface area (Å²) in [6, 6.07) is 4.00. The molecule has 27 heavy (non-hydrogen) atoms. The van der Waals surface area contributed by atoms with E-state index in [1.807, 2.05) is 26.2 Å². The van der Waals surface area contributed by atoms with Crippen LogP contribution in [0.4, 0.5) is 0 Å². The first-order valence-corrected chi connectivity index (χ1v) is 11.7. The zero-order valence-corrected chi connectivity index (χ0v) is 17.4. The molecule has 2 heterocycles. The van der Waals surface area contributed by atoms with Gasteiger partial charge in [0.25, 0.3) is 0 Å². The van der Waals surface area contributed by atoms with Gasteiger partial charge in [-0.2, -0.15) is 20.2 Å². The second-order valence-electron chi connectivity index (χ2n) is 7.08. The maximum Gasteiger partial charge on any atom is 0.324 e. The number of furan rings is 1. The van der Waals surface area contributed by atoms with Crippen LogP contribution in [0.15, 0.2) is 26.5 Å². The number of rotatable bonds is 9. The van der Waals surface area contributed by atoms with E-state index in [-0.39, 0.29) is 0 Å². The highest BCUT2D eigenvalue weighted by atomic mass is 32.2. The summed E-state index contributed by atoms with van der Waals surface area (Å²) in [4.78, 5) is 10.8. The molecule has 1 aromatic heterocycles. The van der Waals surface area contributed by atoms with Crippen LogP contribution in [0.2, 0.25) is 0 Å². The summed E-state index contributed by atoms with van der Waals surface area (Å²) in [5.41, 5.74) is 0. The second-order valence-corrected chi connectivity index (χ2v) is 9.60. The molecule has 0 spiro atoms. The van der Waals surface area contributed by atoms with E-state index in [1.54, 1.807) is 11.8 Å². The fraction of sp³-hybridized carbons (Fsp3) is 0.647. The minimum atomic E-state index is -3.56. The van der Waals surface area contributed by atoms with Crippen molar-refractivity contribution in [1.29, 1.82) is 0 Å². The van der Waals surface area contributed by atoms with Crippen LogP contribution < -0.4 is 9.44 Å². The van der Waals surface area contributed by atoms with Crippen molar-refractivity contribution in [3.05, 3.63) is 23.7 Å². The highest BCUT2D eigenvalue weighted by Crippen LogP contribution is 2.26. The van der Waals surface area contributed by atoms with Gasteiger partial charge in [-0.05, 0) is 45.0 Å². The maximum absolute atomic E-state index is 11.7. The lowest BCUT2D eigenvalue weighted by Crippen LogP contribution is -2.25. The number of nitrogens with one attached hydrogen (secondary N) is 2. The normalized spacial score (nSPS) is 22.2. The van der Waals surface area contributed by atoms with E-state index < -0.39 is 10.2 Å². The molecule has 2 aliphatic rings. The van der Waals surface area contributed by atoms with Gasteiger partial charge in [-0.15, -0.1) is 0 Å². The van der Waals surface area contributed by atoms with Gasteiger partial charge in [-0.1, -0.05) is 6.42 Å². The summed E-state index contributed by atoms with van der Waals surface area (Å²) in [5.74, 6) is 4.66. The first-order valence-electron chi connectivity index (χ1n) is 9.11. The van der Waals surface area contributed by atoms with E-state index in [1.165, 1.54) is 19.3 Å². The van der Waals surface area contributed by atoms with Crippen molar-refractivity contribution >= 4 is 33.6 Å². The van der Waals surface area contributed by atoms with Gasteiger partial charge in [0.2, 0.25) is 0 Å². The summed E-state index contributed by atoms with van der Waals surface area (Å²) in [6.45, 7) is 1.95. The van der Waals surface area contributed by atoms with E-state index in [0.29, 0.717) is 30.7 Å². The van der Waals surface area contributed by atoms with E-state index in [2.05, 4.69) is 24.3 Å². The summed E-state index contributed by atoms with van der Waals surface area (Å²) in [6.07, 6.45) is 3.58. The van der Waals surface area contributed by atoms with E-state index in [4.69, 9.17) is 4.42 Å². The van der Waals surface area contributed by atoms with Gasteiger partial charge in [0.15, 0.2) is 11.7 Å². The van der Waals surface area contributed by atoms with Gasteiger partial charge in [0.05, 0.1) is 18.8 Å². The van der Waals surface area contributed by atoms with Gasteiger partial charge in [0.1, 0.15) is 11.5 Å². The van der Waals surface area contributed by atoms with E-state index in [0.717, 1.165) is 29.6 Å². The van der Waals surface area contributed by atoms with Crippen molar-refractivity contribution in [3.8, 4) is 0 Å². The monoisotopic (exact) mass is 413 g/mol. The van der Waals surface area contributed by atoms with Gasteiger partial charge >= 0.3 is 10.2 Å². The van der Waals surface area contributed by atoms with Gasteiger partial charge in [0, 0.05) is 12.3 Å². The van der Waals surface area contributed by atoms with Crippen LogP contribution in [0.1, 0.15) is 30.8 Å². The van der Waals surface area contributed by atoms with Crippen molar-refractivity contribution in [1.82, 2.24) is 14.3 Å². The molecule has 0 bridgehead atoms. The fourth-order valence-electron chi connectivity index (χ4n) is 2.78. The Labute approximate surface area is 165 Å². The van der Waals surface area contributed by atoms with Crippen molar-refractivity contribution in [3.63, 3.8) is 0 Å². The zero-order chi connectivity index (χ0) is 19.3. The third-order valence-electron chi connectivity index (χ3n) is 4.36. The largest absolute Gasteiger partial charge is 0.464 e. The molecule has 1 aliphatic carbocycles. The van der Waals surface area contributed by atoms with E-state index in [9.17, 15) is 8.42 Å². The van der Waals surface area contributed by atoms with Crippen LogP contribution in [-0.4, -0.2) is 57.9 Å². The first kappa shape index (κ1) is 20.2. The Hall–Kier alpha value is -1.52. The van der Waals surface area contributed by atoms with Crippen LogP contribution in [0.3, 0.4) is 0 Å². The van der Waals surface area contributed by atoms with E-state index >= 15 is 0 Å². The van der Waals surface area contributed by atoms with Crippen LogP contribution in [0.25, 0.3) is 0 Å². The molecule has 0 radical (unpaired) electrons. The van der Waals surface area contributed by atoms with Crippen LogP contribution in [0, 0.1) is 5.92 Å². The number of nitrogens with zero attached hydrogens (tertiary/aromatic N) is 3. The van der Waals surface area contributed by atoms with Crippen LogP contribution in [0.5, 0.6) is 0 Å². The number of aliphatic imine (C=N–C) groups is 2. The number of amidine groups is 2. The molecule has 1 aromatic rings. The van der Waals surface area contributed by atoms with Crippen LogP contribution in [-0.2, 0) is 22.5 Å². The molecule has 2 fully saturated rings. The van der Waals surface area contributed by atoms with Gasteiger partial charge in [-0.3, -0.25) is 9.98 Å². The molecule has 1 saturated heterocycles. The molecule has 0 unspecified atom stereocenters. The molecule has 3 rings (SSSR count). The molecular formula is C17H27N5O3S2. The Kier molecular flexibility index (Phi) is 6.83. The lowest BCUT2D eigenvalue weighted by atomic mass is 9.86. The summed E-state index contributed by atoms with van der Waals surface area (Å²) >= 11 is 1.70. The Balaban J connectivity index is 1.45. The fourth-order valence-corrected chi connectivity index (χ4v) is 4.38. The predicted octanol–water partition coefficient (Wildman–Crippen LogP) is 1.61. The minimum absolute atomic E-state index is 0.321. The Morgan fingerprint density at radius 3 is 2.56 bits per heavy atom. The molecule has 2 N–H and O–H groups in total. The average Bonchev–Trinajstić information content (AvgIpc) is 3.08. The van der Waals surface area contributed by atoms with Crippen molar-refractivity contribution in [2.24, 2.45) is 15.9 Å². The van der Waals surface area contributed by atoms with Gasteiger partial charge < -0.3 is 9.32 Å². The topological polar surface area (TPSA) is 99.3 Å². The molecule has 0 atom stereocenters. The third kappa shape index (κ3) is 6.25. The summed E-state index contributed by atoms with van der Waals surface area (Å²) < 4.78 is 34.1. The predicted molar refractivity (Wildman–Crippen MR) is 109 cm³/mol. The maximum atomic E-state index is 11.7. The molecular weight excluding hydrogens is 386 g/mol. The molecule has 0 amide bonds.